The highest BCUT2D eigenvalue weighted by Crippen LogP contribution is 2.39. The Morgan fingerprint density at radius 3 is 2.65 bits per heavy atom. The Morgan fingerprint density at radius 1 is 1.23 bits per heavy atom. The van der Waals surface area contributed by atoms with Crippen molar-refractivity contribution >= 4 is 17.6 Å². The highest BCUT2D eigenvalue weighted by Gasteiger charge is 2.21. The van der Waals surface area contributed by atoms with Gasteiger partial charge in [0.2, 0.25) is 0 Å². The second-order valence-electron chi connectivity index (χ2n) is 6.75. The number of ether oxygens (including phenoxy) is 1. The minimum Gasteiger partial charge on any atom is -0.506 e. The van der Waals surface area contributed by atoms with Crippen LogP contribution in [0.2, 0.25) is 5.02 Å². The first-order valence-electron chi connectivity index (χ1n) is 9.73. The third-order valence-corrected chi connectivity index (χ3v) is 5.10. The first kappa shape index (κ1) is 22.4. The Hall–Kier alpha value is -3.32. The predicted octanol–water partition coefficient (Wildman–Crippen LogP) is 4.67. The number of nitrogens with zero attached hydrogens (tertiary/aromatic N) is 1. The van der Waals surface area contributed by atoms with E-state index in [1.807, 2.05) is 18.2 Å². The number of amides is 2. The molecule has 1 heterocycles. The molecule has 2 aromatic carbocycles. The molecule has 1 aromatic heterocycles. The van der Waals surface area contributed by atoms with Crippen molar-refractivity contribution in [1.29, 1.82) is 0 Å². The van der Waals surface area contributed by atoms with E-state index in [1.54, 1.807) is 31.2 Å². The van der Waals surface area contributed by atoms with Crippen molar-refractivity contribution in [3.63, 3.8) is 0 Å². The number of rotatable bonds is 7. The zero-order chi connectivity index (χ0) is 22.4. The van der Waals surface area contributed by atoms with Crippen LogP contribution in [-0.2, 0) is 13.0 Å². The van der Waals surface area contributed by atoms with Crippen LogP contribution >= 0.6 is 11.6 Å². The number of benzene rings is 2. The van der Waals surface area contributed by atoms with Gasteiger partial charge in [-0.15, -0.1) is 0 Å². The average Bonchev–Trinajstić information content (AvgIpc) is 2.77. The van der Waals surface area contributed by atoms with Crippen LogP contribution in [0.1, 0.15) is 23.7 Å². The number of aromatic nitrogens is 1. The third kappa shape index (κ3) is 5.06. The van der Waals surface area contributed by atoms with Crippen molar-refractivity contribution < 1.29 is 19.0 Å². The average molecular weight is 444 g/mol. The molecule has 0 aliphatic carbocycles. The summed E-state index contributed by atoms with van der Waals surface area (Å²) in [7, 11) is 1.46. The van der Waals surface area contributed by atoms with E-state index in [0.29, 0.717) is 29.0 Å². The summed E-state index contributed by atoms with van der Waals surface area (Å²) in [5, 5.41) is 16.0. The van der Waals surface area contributed by atoms with Crippen LogP contribution < -0.4 is 15.4 Å². The van der Waals surface area contributed by atoms with E-state index in [1.165, 1.54) is 13.3 Å². The molecule has 0 aliphatic rings. The number of carbonyl (C=O) groups is 1. The largest absolute Gasteiger partial charge is 0.506 e. The Bertz CT molecular complexity index is 1080. The van der Waals surface area contributed by atoms with Crippen LogP contribution in [0, 0.1) is 5.82 Å². The van der Waals surface area contributed by atoms with Crippen LogP contribution in [0.25, 0.3) is 11.1 Å². The van der Waals surface area contributed by atoms with Gasteiger partial charge in [-0.1, -0.05) is 41.9 Å². The predicted molar refractivity (Wildman–Crippen MR) is 118 cm³/mol. The van der Waals surface area contributed by atoms with Crippen LogP contribution in [-0.4, -0.2) is 29.8 Å². The Kier molecular flexibility index (Phi) is 7.31. The summed E-state index contributed by atoms with van der Waals surface area (Å²) in [6.45, 7) is 2.30. The van der Waals surface area contributed by atoms with Crippen LogP contribution in [0.4, 0.5) is 9.18 Å². The molecule has 6 nitrogen and oxygen atoms in total. The molecule has 0 aliphatic heterocycles. The van der Waals surface area contributed by atoms with E-state index in [9.17, 15) is 9.90 Å². The maximum atomic E-state index is 15.6. The molecule has 0 saturated carbocycles. The van der Waals surface area contributed by atoms with Crippen LogP contribution in [0.3, 0.4) is 0 Å². The molecule has 0 fully saturated rings. The first-order chi connectivity index (χ1) is 15.0. The summed E-state index contributed by atoms with van der Waals surface area (Å²) in [6.07, 6.45) is 1.54. The molecule has 3 aromatic rings. The van der Waals surface area contributed by atoms with Gasteiger partial charge in [0.1, 0.15) is 23.0 Å². The lowest BCUT2D eigenvalue weighted by Gasteiger charge is -2.16. The second kappa shape index (κ2) is 10.1. The Balaban J connectivity index is 1.96. The summed E-state index contributed by atoms with van der Waals surface area (Å²) < 4.78 is 20.9. The SMILES string of the molecule is CCNC(=O)NCc1nccc(Cc2c(Cl)cc(OC)c(-c3ccccc3)c2F)c1O. The highest BCUT2D eigenvalue weighted by atomic mass is 35.5. The fourth-order valence-electron chi connectivity index (χ4n) is 3.23. The molecule has 8 heteroatoms. The number of methoxy groups -OCH3 is 1. The molecule has 0 radical (unpaired) electrons. The number of aromatic hydroxyl groups is 1. The zero-order valence-corrected chi connectivity index (χ0v) is 18.0. The lowest BCUT2D eigenvalue weighted by Crippen LogP contribution is -2.34. The van der Waals surface area contributed by atoms with Crippen molar-refractivity contribution in [2.45, 2.75) is 19.9 Å². The van der Waals surface area contributed by atoms with Gasteiger partial charge in [-0.2, -0.15) is 0 Å². The fraction of sp³-hybridized carbons (Fsp3) is 0.217. The molecule has 0 unspecified atom stereocenters. The molecule has 3 rings (SSSR count). The number of halogens is 2. The maximum absolute atomic E-state index is 15.6. The van der Waals surface area contributed by atoms with E-state index in [0.717, 1.165) is 0 Å². The van der Waals surface area contributed by atoms with Crippen molar-refractivity contribution in [3.8, 4) is 22.6 Å². The molecule has 0 atom stereocenters. The molecule has 0 spiro atoms. The van der Waals surface area contributed by atoms with E-state index in [-0.39, 0.29) is 41.0 Å². The van der Waals surface area contributed by atoms with Crippen LogP contribution in [0.5, 0.6) is 11.5 Å². The highest BCUT2D eigenvalue weighted by molar-refractivity contribution is 6.31. The van der Waals surface area contributed by atoms with Gasteiger partial charge in [0, 0.05) is 30.3 Å². The van der Waals surface area contributed by atoms with Crippen molar-refractivity contribution in [1.82, 2.24) is 15.6 Å². The van der Waals surface area contributed by atoms with Gasteiger partial charge in [0.15, 0.2) is 0 Å². The molecule has 2 amide bonds. The third-order valence-electron chi connectivity index (χ3n) is 4.76. The van der Waals surface area contributed by atoms with Gasteiger partial charge in [0.05, 0.1) is 24.2 Å². The van der Waals surface area contributed by atoms with Crippen LogP contribution in [0.15, 0.2) is 48.7 Å². The monoisotopic (exact) mass is 443 g/mol. The number of hydrogen-bond donors (Lipinski definition) is 3. The fourth-order valence-corrected chi connectivity index (χ4v) is 3.48. The van der Waals surface area contributed by atoms with Gasteiger partial charge in [-0.25, -0.2) is 9.18 Å². The van der Waals surface area contributed by atoms with Crippen molar-refractivity contribution in [3.05, 3.63) is 76.3 Å². The normalized spacial score (nSPS) is 10.6. The molecule has 0 bridgehead atoms. The number of carbonyl (C=O) groups excluding carboxylic acids is 1. The summed E-state index contributed by atoms with van der Waals surface area (Å²) >= 11 is 6.37. The maximum Gasteiger partial charge on any atom is 0.315 e. The summed E-state index contributed by atoms with van der Waals surface area (Å²) in [5.74, 6) is -0.316. The summed E-state index contributed by atoms with van der Waals surface area (Å²) in [4.78, 5) is 15.7. The van der Waals surface area contributed by atoms with Gasteiger partial charge in [-0.05, 0) is 24.6 Å². The minimum absolute atomic E-state index is 0.0274. The first-order valence-corrected chi connectivity index (χ1v) is 10.1. The lowest BCUT2D eigenvalue weighted by molar-refractivity contribution is 0.241. The minimum atomic E-state index is -0.520. The van der Waals surface area contributed by atoms with E-state index in [2.05, 4.69) is 15.6 Å². The topological polar surface area (TPSA) is 83.5 Å². The standard InChI is InChI=1S/C23H23ClFN3O3/c1-3-26-23(30)28-13-18-22(29)15(9-10-27-18)11-16-17(24)12-19(31-2)20(21(16)25)14-7-5-4-6-8-14/h4-10,12,29H,3,11,13H2,1-2H3,(H2,26,28,30). The number of pyridine rings is 1. The lowest BCUT2D eigenvalue weighted by atomic mass is 9.96. The molecule has 162 valence electrons. The van der Waals surface area contributed by atoms with E-state index < -0.39 is 5.82 Å². The van der Waals surface area contributed by atoms with E-state index >= 15 is 4.39 Å². The molecular weight excluding hydrogens is 421 g/mol. The van der Waals surface area contributed by atoms with E-state index in [4.69, 9.17) is 16.3 Å². The van der Waals surface area contributed by atoms with Gasteiger partial charge in [0.25, 0.3) is 0 Å². The smallest absolute Gasteiger partial charge is 0.315 e. The van der Waals surface area contributed by atoms with Gasteiger partial charge >= 0.3 is 6.03 Å². The van der Waals surface area contributed by atoms with Crippen molar-refractivity contribution in [2.75, 3.05) is 13.7 Å². The zero-order valence-electron chi connectivity index (χ0n) is 17.2. The Labute approximate surface area is 185 Å². The van der Waals surface area contributed by atoms with Crippen molar-refractivity contribution in [2.24, 2.45) is 0 Å². The van der Waals surface area contributed by atoms with Gasteiger partial charge < -0.3 is 20.5 Å². The molecule has 3 N–H and O–H groups in total. The number of hydrogen-bond acceptors (Lipinski definition) is 4. The second-order valence-corrected chi connectivity index (χ2v) is 7.16. The summed E-state index contributed by atoms with van der Waals surface area (Å²) in [5.41, 5.74) is 1.89. The summed E-state index contributed by atoms with van der Waals surface area (Å²) in [6, 6.07) is 11.8. The Morgan fingerprint density at radius 2 is 1.97 bits per heavy atom. The number of nitrogens with one attached hydrogen (secondary N) is 2. The quantitative estimate of drug-likeness (QED) is 0.495. The molecule has 31 heavy (non-hydrogen) atoms. The van der Waals surface area contributed by atoms with Gasteiger partial charge in [-0.3, -0.25) is 4.98 Å². The number of urea groups is 1. The molecule has 0 saturated heterocycles. The molecular formula is C23H23ClFN3O3.